The van der Waals surface area contributed by atoms with Gasteiger partial charge >= 0.3 is 0 Å². The third-order valence-corrected chi connectivity index (χ3v) is 9.30. The average Bonchev–Trinajstić information content (AvgIpc) is 3.45. The molecule has 228 valence electrons. The van der Waals surface area contributed by atoms with Gasteiger partial charge in [0, 0.05) is 56.8 Å². The molecule has 0 bridgehead atoms. The van der Waals surface area contributed by atoms with Gasteiger partial charge in [-0.15, -0.1) is 0 Å². The molecule has 3 aliphatic heterocycles. The number of nitrogens with one attached hydrogen (secondary N) is 3. The Labute approximate surface area is 259 Å². The van der Waals surface area contributed by atoms with Gasteiger partial charge in [0.05, 0.1) is 5.69 Å². The summed E-state index contributed by atoms with van der Waals surface area (Å²) in [6.07, 6.45) is 9.88. The van der Waals surface area contributed by atoms with E-state index in [4.69, 9.17) is 16.3 Å². The number of fused-ring (bicyclic) bond motifs is 1. The SMILES string of the molecule is O=C(CC1NCc2ccccc21)N[C@H](CC1C=CC(Cl)=CC1)C(=O)N1CCN(c2ccccc2O[C@@H]2CCCNC2)CC1. The highest BCUT2D eigenvalue weighted by Gasteiger charge is 2.32. The maximum Gasteiger partial charge on any atom is 0.245 e. The molecule has 0 radical (unpaired) electrons. The highest BCUT2D eigenvalue weighted by Crippen LogP contribution is 2.31. The number of carbonyl (C=O) groups is 2. The molecule has 8 nitrogen and oxygen atoms in total. The fourth-order valence-electron chi connectivity index (χ4n) is 6.64. The summed E-state index contributed by atoms with van der Waals surface area (Å²) in [5.74, 6) is 0.920. The zero-order valence-electron chi connectivity index (χ0n) is 24.6. The fraction of sp³-hybridized carbons (Fsp3) is 0.471. The van der Waals surface area contributed by atoms with Gasteiger partial charge in [-0.2, -0.15) is 0 Å². The highest BCUT2D eigenvalue weighted by molar-refractivity contribution is 6.31. The Bertz CT molecular complexity index is 1350. The predicted molar refractivity (Wildman–Crippen MR) is 170 cm³/mol. The van der Waals surface area contributed by atoms with Crippen molar-refractivity contribution in [3.05, 3.63) is 82.9 Å². The molecular formula is C34H42ClN5O3. The lowest BCUT2D eigenvalue weighted by atomic mass is 9.92. The van der Waals surface area contributed by atoms with Crippen molar-refractivity contribution in [3.63, 3.8) is 0 Å². The van der Waals surface area contributed by atoms with E-state index in [0.29, 0.717) is 44.1 Å². The zero-order chi connectivity index (χ0) is 29.6. The molecule has 4 atom stereocenters. The average molecular weight is 604 g/mol. The van der Waals surface area contributed by atoms with Crippen LogP contribution in [0.5, 0.6) is 5.75 Å². The number of ether oxygens (including phenoxy) is 1. The Morgan fingerprint density at radius 2 is 1.88 bits per heavy atom. The van der Waals surface area contributed by atoms with Gasteiger partial charge in [-0.05, 0) is 67.5 Å². The molecule has 3 heterocycles. The Hall–Kier alpha value is -3.33. The molecule has 4 aliphatic rings. The zero-order valence-corrected chi connectivity index (χ0v) is 25.4. The minimum Gasteiger partial charge on any atom is -0.487 e. The van der Waals surface area contributed by atoms with Crippen LogP contribution in [0.15, 0.2) is 71.8 Å². The van der Waals surface area contributed by atoms with Gasteiger partial charge < -0.3 is 30.5 Å². The summed E-state index contributed by atoms with van der Waals surface area (Å²) in [6.45, 7) is 5.27. The lowest BCUT2D eigenvalue weighted by molar-refractivity contribution is -0.137. The van der Waals surface area contributed by atoms with Crippen molar-refractivity contribution in [1.82, 2.24) is 20.9 Å². The van der Waals surface area contributed by atoms with Crippen molar-refractivity contribution in [2.24, 2.45) is 5.92 Å². The van der Waals surface area contributed by atoms with Crippen LogP contribution in [0.3, 0.4) is 0 Å². The second-order valence-corrected chi connectivity index (χ2v) is 12.4. The van der Waals surface area contributed by atoms with Crippen molar-refractivity contribution in [2.75, 3.05) is 44.2 Å². The highest BCUT2D eigenvalue weighted by atomic mass is 35.5. The van der Waals surface area contributed by atoms with Crippen LogP contribution in [-0.2, 0) is 16.1 Å². The number of piperidine rings is 1. The Kier molecular flexibility index (Phi) is 9.66. The van der Waals surface area contributed by atoms with E-state index >= 15 is 0 Å². The van der Waals surface area contributed by atoms with Crippen LogP contribution >= 0.6 is 11.6 Å². The number of anilines is 1. The summed E-state index contributed by atoms with van der Waals surface area (Å²) in [5, 5.41) is 10.7. The van der Waals surface area contributed by atoms with Gasteiger partial charge in [0.25, 0.3) is 0 Å². The molecule has 2 saturated heterocycles. The van der Waals surface area contributed by atoms with E-state index in [-0.39, 0.29) is 29.9 Å². The first-order chi connectivity index (χ1) is 21.0. The summed E-state index contributed by atoms with van der Waals surface area (Å²) in [5.41, 5.74) is 3.46. The van der Waals surface area contributed by atoms with E-state index in [1.165, 1.54) is 5.56 Å². The molecule has 0 spiro atoms. The molecule has 2 aromatic rings. The molecule has 6 rings (SSSR count). The summed E-state index contributed by atoms with van der Waals surface area (Å²) in [7, 11) is 0. The number of allylic oxidation sites excluding steroid dienone is 4. The number of benzene rings is 2. The quantitative estimate of drug-likeness (QED) is 0.397. The first kappa shape index (κ1) is 29.7. The van der Waals surface area contributed by atoms with Crippen LogP contribution < -0.4 is 25.6 Å². The second-order valence-electron chi connectivity index (χ2n) is 12.0. The standard InChI is InChI=1S/C34H42ClN5O3/c35-26-13-11-24(12-14-26)20-30(38-33(41)21-29-28-8-2-1-6-25(28)22-37-29)34(42)40-18-16-39(17-19-40)31-9-3-4-10-32(31)43-27-7-5-15-36-23-27/h1-4,6,8-11,13-14,24,27,29-30,36-37H,5,7,12,15-23H2,(H,38,41)/t24?,27-,29?,30-/m1/s1. The largest absolute Gasteiger partial charge is 0.487 e. The fourth-order valence-corrected chi connectivity index (χ4v) is 6.80. The van der Waals surface area contributed by atoms with Gasteiger partial charge in [-0.1, -0.05) is 60.2 Å². The maximum absolute atomic E-state index is 14.0. The number of carbonyl (C=O) groups excluding carboxylic acids is 2. The van der Waals surface area contributed by atoms with Crippen LogP contribution in [0, 0.1) is 5.92 Å². The molecule has 43 heavy (non-hydrogen) atoms. The molecule has 2 amide bonds. The topological polar surface area (TPSA) is 85.9 Å². The van der Waals surface area contributed by atoms with Gasteiger partial charge in [-0.3, -0.25) is 9.59 Å². The first-order valence-corrected chi connectivity index (χ1v) is 16.1. The molecular weight excluding hydrogens is 562 g/mol. The third kappa shape index (κ3) is 7.43. The molecule has 2 aromatic carbocycles. The number of nitrogens with zero attached hydrogens (tertiary/aromatic N) is 2. The van der Waals surface area contributed by atoms with E-state index < -0.39 is 6.04 Å². The number of hydrogen-bond donors (Lipinski definition) is 3. The van der Waals surface area contributed by atoms with Crippen LogP contribution in [0.25, 0.3) is 0 Å². The van der Waals surface area contributed by atoms with Gasteiger partial charge in [0.1, 0.15) is 17.9 Å². The maximum atomic E-state index is 14.0. The minimum atomic E-state index is -0.593. The van der Waals surface area contributed by atoms with E-state index in [9.17, 15) is 9.59 Å². The minimum absolute atomic E-state index is 0.0142. The lowest BCUT2D eigenvalue weighted by Crippen LogP contribution is -2.55. The van der Waals surface area contributed by atoms with Gasteiger partial charge in [-0.25, -0.2) is 0 Å². The van der Waals surface area contributed by atoms with Crippen LogP contribution in [0.4, 0.5) is 5.69 Å². The van der Waals surface area contributed by atoms with Crippen molar-refractivity contribution in [1.29, 1.82) is 0 Å². The number of halogens is 1. The van der Waals surface area contributed by atoms with E-state index in [1.54, 1.807) is 0 Å². The molecule has 1 aliphatic carbocycles. The van der Waals surface area contributed by atoms with E-state index in [1.807, 2.05) is 47.4 Å². The summed E-state index contributed by atoms with van der Waals surface area (Å²) in [4.78, 5) is 31.5. The van der Waals surface area contributed by atoms with Crippen LogP contribution in [-0.4, -0.2) is 68.1 Å². The van der Waals surface area contributed by atoms with Gasteiger partial charge in [0.2, 0.25) is 11.8 Å². The van der Waals surface area contributed by atoms with Crippen LogP contribution in [0.2, 0.25) is 0 Å². The second kappa shape index (κ2) is 14.0. The number of hydrogen-bond acceptors (Lipinski definition) is 6. The molecule has 2 fully saturated rings. The molecule has 2 unspecified atom stereocenters. The number of rotatable bonds is 9. The third-order valence-electron chi connectivity index (χ3n) is 9.02. The summed E-state index contributed by atoms with van der Waals surface area (Å²) >= 11 is 6.16. The van der Waals surface area contributed by atoms with E-state index in [0.717, 1.165) is 55.9 Å². The van der Waals surface area contributed by atoms with Crippen molar-refractivity contribution < 1.29 is 14.3 Å². The Morgan fingerprint density at radius 1 is 1.07 bits per heavy atom. The normalized spacial score (nSPS) is 24.2. The smallest absolute Gasteiger partial charge is 0.245 e. The van der Waals surface area contributed by atoms with E-state index in [2.05, 4.69) is 45.1 Å². The lowest BCUT2D eigenvalue weighted by Gasteiger charge is -2.39. The molecule has 0 aromatic heterocycles. The predicted octanol–water partition coefficient (Wildman–Crippen LogP) is 4.27. The Morgan fingerprint density at radius 3 is 2.67 bits per heavy atom. The molecule has 0 saturated carbocycles. The molecule has 3 N–H and O–H groups in total. The monoisotopic (exact) mass is 603 g/mol. The summed E-state index contributed by atoms with van der Waals surface area (Å²) in [6, 6.07) is 15.8. The van der Waals surface area contributed by atoms with Crippen molar-refractivity contribution >= 4 is 29.1 Å². The number of piperazine rings is 1. The first-order valence-electron chi connectivity index (χ1n) is 15.7. The summed E-state index contributed by atoms with van der Waals surface area (Å²) < 4.78 is 6.41. The van der Waals surface area contributed by atoms with Gasteiger partial charge in [0.15, 0.2) is 0 Å². The molecule has 9 heteroatoms. The number of amides is 2. The van der Waals surface area contributed by atoms with Crippen LogP contribution in [0.1, 0.15) is 49.3 Å². The van der Waals surface area contributed by atoms with Crippen molar-refractivity contribution in [2.45, 2.75) is 56.8 Å². The number of para-hydroxylation sites is 2. The Balaban J connectivity index is 1.09. The van der Waals surface area contributed by atoms with Crippen molar-refractivity contribution in [3.8, 4) is 5.75 Å².